The van der Waals surface area contributed by atoms with Crippen molar-refractivity contribution < 1.29 is 48.0 Å². The number of carbonyl (C=O) groups is 4. The van der Waals surface area contributed by atoms with Crippen molar-refractivity contribution in [2.24, 2.45) is 5.10 Å². The Labute approximate surface area is 284 Å². The van der Waals surface area contributed by atoms with Gasteiger partial charge in [0, 0.05) is 5.70 Å². The quantitative estimate of drug-likeness (QED) is 0.105. The molecule has 0 spiro atoms. The number of benzene rings is 3. The van der Waals surface area contributed by atoms with Gasteiger partial charge in [0.25, 0.3) is 5.91 Å². The number of hydrogen-bond donors (Lipinski definition) is 4. The Bertz CT molecular complexity index is 1760. The van der Waals surface area contributed by atoms with E-state index in [1.165, 1.54) is 32.6 Å². The van der Waals surface area contributed by atoms with Crippen molar-refractivity contribution in [3.05, 3.63) is 92.6 Å². The van der Waals surface area contributed by atoms with Gasteiger partial charge in [0.1, 0.15) is 6.61 Å². The summed E-state index contributed by atoms with van der Waals surface area (Å²) in [4.78, 5) is 48.4. The van der Waals surface area contributed by atoms with Crippen LogP contribution >= 0.6 is 15.9 Å². The highest BCUT2D eigenvalue weighted by atomic mass is 79.9. The Kier molecular flexibility index (Phi) is 12.0. The van der Waals surface area contributed by atoms with Crippen LogP contribution in [0.25, 0.3) is 0 Å². The molecular formula is C33H33BrN4O10. The van der Waals surface area contributed by atoms with Crippen LogP contribution in [-0.2, 0) is 20.9 Å². The van der Waals surface area contributed by atoms with Crippen molar-refractivity contribution in [2.45, 2.75) is 26.5 Å². The van der Waals surface area contributed by atoms with E-state index in [0.29, 0.717) is 32.8 Å². The number of nitrogens with one attached hydrogen (secondary N) is 3. The van der Waals surface area contributed by atoms with Gasteiger partial charge in [-0.15, -0.1) is 0 Å². The minimum Gasteiger partial charge on any atom is -0.493 e. The van der Waals surface area contributed by atoms with E-state index in [9.17, 15) is 19.2 Å². The lowest BCUT2D eigenvalue weighted by atomic mass is 9.95. The van der Waals surface area contributed by atoms with E-state index >= 15 is 0 Å². The number of esters is 1. The third-order valence-electron chi connectivity index (χ3n) is 6.88. The molecule has 0 aromatic heterocycles. The minimum atomic E-state index is -1.01. The van der Waals surface area contributed by atoms with E-state index in [1.54, 1.807) is 56.3 Å². The van der Waals surface area contributed by atoms with Gasteiger partial charge in [0.2, 0.25) is 0 Å². The molecular weight excluding hydrogens is 692 g/mol. The molecule has 1 heterocycles. The van der Waals surface area contributed by atoms with Crippen molar-refractivity contribution in [3.63, 3.8) is 0 Å². The third kappa shape index (κ3) is 8.82. The fourth-order valence-corrected chi connectivity index (χ4v) is 5.19. The highest BCUT2D eigenvalue weighted by molar-refractivity contribution is 9.10. The second-order valence-electron chi connectivity index (χ2n) is 10.1. The van der Waals surface area contributed by atoms with Gasteiger partial charge >= 0.3 is 18.0 Å². The molecule has 0 unspecified atom stereocenters. The first kappa shape index (κ1) is 35.3. The average Bonchev–Trinajstić information content (AvgIpc) is 3.06. The van der Waals surface area contributed by atoms with E-state index in [1.807, 2.05) is 0 Å². The standard InChI is InChI=1S/C33H33BrN4O10/c1-5-46-32(42)28-18(2)36-33(43)37-29(28)22-10-11-24(25(14-22)44-3)47-17-27(39)38-35-15-20-12-23(34)30(26(13-20)45-4)48-16-19-6-8-21(9-7-19)31(40)41/h6-15,29H,5,16-17H2,1-4H3,(H,38,39)(H,40,41)(H2,36,37,43)/b35-15-/t29-/m0/s1. The Morgan fingerprint density at radius 2 is 1.73 bits per heavy atom. The molecule has 4 N–H and O–H groups in total. The number of hydrazone groups is 1. The molecule has 1 aliphatic rings. The van der Waals surface area contributed by atoms with E-state index in [2.05, 4.69) is 37.1 Å². The summed E-state index contributed by atoms with van der Waals surface area (Å²) < 4.78 is 28.2. The maximum absolute atomic E-state index is 12.6. The summed E-state index contributed by atoms with van der Waals surface area (Å²) in [5.74, 6) is -0.769. The number of carbonyl (C=O) groups excluding carboxylic acids is 3. The third-order valence-corrected chi connectivity index (χ3v) is 7.47. The van der Waals surface area contributed by atoms with Gasteiger partial charge in [0.05, 0.1) is 48.7 Å². The summed E-state index contributed by atoms with van der Waals surface area (Å²) >= 11 is 3.47. The van der Waals surface area contributed by atoms with Crippen LogP contribution in [0.2, 0.25) is 0 Å². The van der Waals surface area contributed by atoms with Crippen molar-refractivity contribution in [1.29, 1.82) is 0 Å². The number of hydrogen-bond acceptors (Lipinski definition) is 10. The maximum atomic E-state index is 12.6. The number of rotatable bonds is 14. The summed E-state index contributed by atoms with van der Waals surface area (Å²) in [6.07, 6.45) is 1.42. The molecule has 0 saturated carbocycles. The molecule has 1 atom stereocenters. The molecule has 252 valence electrons. The number of halogens is 1. The lowest BCUT2D eigenvalue weighted by Crippen LogP contribution is -2.45. The van der Waals surface area contributed by atoms with Crippen molar-refractivity contribution >= 4 is 46.0 Å². The van der Waals surface area contributed by atoms with E-state index in [4.69, 9.17) is 28.8 Å². The number of carboxylic acid groups (broad SMARTS) is 1. The zero-order valence-electron chi connectivity index (χ0n) is 26.4. The summed E-state index contributed by atoms with van der Waals surface area (Å²) in [5, 5.41) is 18.4. The Morgan fingerprint density at radius 3 is 2.40 bits per heavy atom. The summed E-state index contributed by atoms with van der Waals surface area (Å²) in [6.45, 7) is 3.25. The number of ether oxygens (including phenoxy) is 5. The van der Waals surface area contributed by atoms with Gasteiger partial charge in [-0.2, -0.15) is 5.10 Å². The molecule has 3 amide bonds. The summed E-state index contributed by atoms with van der Waals surface area (Å²) in [5.41, 5.74) is 5.09. The van der Waals surface area contributed by atoms with Crippen LogP contribution < -0.4 is 35.0 Å². The van der Waals surface area contributed by atoms with Crippen LogP contribution in [0.15, 0.2) is 75.4 Å². The summed E-state index contributed by atoms with van der Waals surface area (Å²) in [7, 11) is 2.91. The molecule has 14 nitrogen and oxygen atoms in total. The number of nitrogens with zero attached hydrogens (tertiary/aromatic N) is 1. The first-order valence-electron chi connectivity index (χ1n) is 14.4. The predicted octanol–water partition coefficient (Wildman–Crippen LogP) is 4.46. The Hall–Kier alpha value is -5.57. The SMILES string of the molecule is CCOC(=O)C1=C(C)NC(=O)N[C@H]1c1ccc(OCC(=O)N/N=C\c2cc(Br)c(OCc3ccc(C(=O)O)cc3)c(OC)c2)c(OC)c1. The number of allylic oxidation sites excluding steroid dienone is 1. The van der Waals surface area contributed by atoms with Gasteiger partial charge < -0.3 is 39.4 Å². The Morgan fingerprint density at radius 1 is 1.00 bits per heavy atom. The molecule has 15 heteroatoms. The molecule has 0 radical (unpaired) electrons. The predicted molar refractivity (Wildman–Crippen MR) is 176 cm³/mol. The van der Waals surface area contributed by atoms with Crippen molar-refractivity contribution in [1.82, 2.24) is 16.1 Å². The lowest BCUT2D eigenvalue weighted by molar-refractivity contribution is -0.139. The number of methoxy groups -OCH3 is 2. The van der Waals surface area contributed by atoms with Crippen LogP contribution in [0.3, 0.4) is 0 Å². The largest absolute Gasteiger partial charge is 0.493 e. The monoisotopic (exact) mass is 724 g/mol. The van der Waals surface area contributed by atoms with Crippen LogP contribution in [-0.4, -0.2) is 62.6 Å². The second-order valence-corrected chi connectivity index (χ2v) is 11.0. The lowest BCUT2D eigenvalue weighted by Gasteiger charge is -2.28. The highest BCUT2D eigenvalue weighted by Crippen LogP contribution is 2.37. The van der Waals surface area contributed by atoms with E-state index in [0.717, 1.165) is 5.56 Å². The molecule has 3 aromatic rings. The fraction of sp³-hybridized carbons (Fsp3) is 0.242. The first-order chi connectivity index (χ1) is 23.0. The molecule has 3 aromatic carbocycles. The topological polar surface area (TPSA) is 183 Å². The molecule has 4 rings (SSSR count). The highest BCUT2D eigenvalue weighted by Gasteiger charge is 2.32. The second kappa shape index (κ2) is 16.3. The van der Waals surface area contributed by atoms with Gasteiger partial charge in [-0.25, -0.2) is 19.8 Å². The summed E-state index contributed by atoms with van der Waals surface area (Å²) in [6, 6.07) is 13.3. The van der Waals surface area contributed by atoms with E-state index in [-0.39, 0.29) is 35.8 Å². The van der Waals surface area contributed by atoms with Crippen molar-refractivity contribution in [2.75, 3.05) is 27.4 Å². The maximum Gasteiger partial charge on any atom is 0.338 e. The minimum absolute atomic E-state index is 0.168. The number of urea groups is 1. The fourth-order valence-electron chi connectivity index (χ4n) is 4.61. The van der Waals surface area contributed by atoms with Gasteiger partial charge in [0.15, 0.2) is 29.6 Å². The van der Waals surface area contributed by atoms with Gasteiger partial charge in [-0.3, -0.25) is 4.79 Å². The molecule has 0 saturated heterocycles. The van der Waals surface area contributed by atoms with Crippen LogP contribution in [0.4, 0.5) is 4.79 Å². The average molecular weight is 726 g/mol. The Balaban J connectivity index is 1.36. The zero-order chi connectivity index (χ0) is 34.8. The molecule has 48 heavy (non-hydrogen) atoms. The van der Waals surface area contributed by atoms with Gasteiger partial charge in [-0.1, -0.05) is 18.2 Å². The van der Waals surface area contributed by atoms with Crippen molar-refractivity contribution in [3.8, 4) is 23.0 Å². The zero-order valence-corrected chi connectivity index (χ0v) is 28.0. The van der Waals surface area contributed by atoms with E-state index < -0.39 is 36.5 Å². The molecule has 0 bridgehead atoms. The normalized spacial score (nSPS) is 14.1. The van der Waals surface area contributed by atoms with Gasteiger partial charge in [-0.05, 0) is 82.9 Å². The molecule has 1 aliphatic heterocycles. The van der Waals surface area contributed by atoms with Crippen LogP contribution in [0.1, 0.15) is 46.9 Å². The first-order valence-corrected chi connectivity index (χ1v) is 15.2. The number of aromatic carboxylic acids is 1. The smallest absolute Gasteiger partial charge is 0.338 e. The number of carboxylic acids is 1. The van der Waals surface area contributed by atoms with Crippen LogP contribution in [0, 0.1) is 0 Å². The molecule has 0 aliphatic carbocycles. The van der Waals surface area contributed by atoms with Crippen LogP contribution in [0.5, 0.6) is 23.0 Å². The molecule has 0 fully saturated rings. The number of amides is 3.